The van der Waals surface area contributed by atoms with Crippen molar-refractivity contribution in [1.29, 1.82) is 0 Å². The molecule has 0 saturated heterocycles. The number of rotatable bonds is 3. The maximum Gasteiger partial charge on any atom is 0.299 e. The number of anilines is 1. The van der Waals surface area contributed by atoms with Gasteiger partial charge in [-0.2, -0.15) is 0 Å². The van der Waals surface area contributed by atoms with Gasteiger partial charge in [0.05, 0.1) is 11.3 Å². The van der Waals surface area contributed by atoms with Gasteiger partial charge in [-0.15, -0.1) is 0 Å². The molecule has 1 aromatic carbocycles. The first-order chi connectivity index (χ1) is 9.49. The van der Waals surface area contributed by atoms with Gasteiger partial charge in [0.15, 0.2) is 0 Å². The van der Waals surface area contributed by atoms with E-state index in [4.69, 9.17) is 0 Å². The van der Waals surface area contributed by atoms with Crippen LogP contribution in [-0.2, 0) is 9.59 Å². The van der Waals surface area contributed by atoms with Crippen LogP contribution in [0.1, 0.15) is 23.2 Å². The summed E-state index contributed by atoms with van der Waals surface area (Å²) in [5.41, 5.74) is 0.868. The van der Waals surface area contributed by atoms with E-state index >= 15 is 0 Å². The number of likely N-dealkylation sites (N-methyl/N-ethyl adjacent to an activating group) is 1. The van der Waals surface area contributed by atoms with Gasteiger partial charge in [-0.25, -0.2) is 0 Å². The minimum atomic E-state index is -0.629. The minimum Gasteiger partial charge on any atom is -0.341 e. The van der Waals surface area contributed by atoms with E-state index in [1.807, 2.05) is 0 Å². The fourth-order valence-electron chi connectivity index (χ4n) is 2.34. The van der Waals surface area contributed by atoms with E-state index < -0.39 is 11.7 Å². The second-order valence-corrected chi connectivity index (χ2v) is 6.03. The number of benzene rings is 1. The molecular formula is C14H13BrN2O3. The third kappa shape index (κ3) is 2.14. The van der Waals surface area contributed by atoms with E-state index in [0.717, 1.165) is 17.3 Å². The quantitative estimate of drug-likeness (QED) is 0.788. The van der Waals surface area contributed by atoms with Crippen LogP contribution in [0.4, 0.5) is 5.69 Å². The Morgan fingerprint density at radius 2 is 2.10 bits per heavy atom. The van der Waals surface area contributed by atoms with E-state index in [0.29, 0.717) is 17.3 Å². The molecule has 1 heterocycles. The molecule has 5 nitrogen and oxygen atoms in total. The number of Topliss-reactive ketones (excluding diaryl/α,β-unsaturated/α-hetero) is 1. The lowest BCUT2D eigenvalue weighted by Gasteiger charge is -2.21. The molecule has 0 bridgehead atoms. The molecule has 1 aliphatic heterocycles. The molecule has 20 heavy (non-hydrogen) atoms. The number of nitrogens with zero attached hydrogens (tertiary/aromatic N) is 2. The molecule has 0 radical (unpaired) electrons. The Balaban J connectivity index is 1.85. The van der Waals surface area contributed by atoms with Crippen molar-refractivity contribution in [3.8, 4) is 0 Å². The molecule has 0 N–H and O–H groups in total. The van der Waals surface area contributed by atoms with E-state index in [1.165, 1.54) is 4.90 Å². The van der Waals surface area contributed by atoms with Gasteiger partial charge < -0.3 is 4.90 Å². The van der Waals surface area contributed by atoms with Gasteiger partial charge in [-0.1, -0.05) is 15.9 Å². The van der Waals surface area contributed by atoms with Gasteiger partial charge in [-0.3, -0.25) is 19.3 Å². The van der Waals surface area contributed by atoms with Crippen LogP contribution in [0, 0.1) is 0 Å². The predicted octanol–water partition coefficient (Wildman–Crippen LogP) is 1.60. The normalized spacial score (nSPS) is 17.4. The van der Waals surface area contributed by atoms with E-state index in [1.54, 1.807) is 30.1 Å². The van der Waals surface area contributed by atoms with Crippen LogP contribution in [0.25, 0.3) is 0 Å². The number of ketones is 1. The summed E-state index contributed by atoms with van der Waals surface area (Å²) in [5, 5.41) is 0. The van der Waals surface area contributed by atoms with Crippen LogP contribution < -0.4 is 4.90 Å². The topological polar surface area (TPSA) is 57.7 Å². The molecule has 104 valence electrons. The first-order valence-electron chi connectivity index (χ1n) is 6.40. The Hall–Kier alpha value is -1.69. The monoisotopic (exact) mass is 336 g/mol. The van der Waals surface area contributed by atoms with Gasteiger partial charge in [0.25, 0.3) is 11.7 Å². The average Bonchev–Trinajstić information content (AvgIpc) is 3.23. The third-order valence-corrected chi connectivity index (χ3v) is 4.21. The number of hydrogen-bond acceptors (Lipinski definition) is 3. The van der Waals surface area contributed by atoms with Crippen LogP contribution >= 0.6 is 15.9 Å². The van der Waals surface area contributed by atoms with E-state index in [-0.39, 0.29) is 12.5 Å². The standard InChI is InChI=1S/C14H13BrN2O3/c1-16(9-3-4-9)12(18)7-17-11-5-2-8(15)6-10(11)13(19)14(17)20/h2,5-6,9H,3-4,7H2,1H3. The highest BCUT2D eigenvalue weighted by atomic mass is 79.9. The van der Waals surface area contributed by atoms with Gasteiger partial charge in [0.2, 0.25) is 5.91 Å². The number of carbonyl (C=O) groups excluding carboxylic acids is 3. The maximum atomic E-state index is 12.1. The second-order valence-electron chi connectivity index (χ2n) is 5.12. The second kappa shape index (κ2) is 4.70. The summed E-state index contributed by atoms with van der Waals surface area (Å²) in [4.78, 5) is 39.0. The molecule has 2 aliphatic rings. The van der Waals surface area contributed by atoms with Crippen LogP contribution in [-0.4, -0.2) is 42.1 Å². The van der Waals surface area contributed by atoms with Crippen molar-refractivity contribution in [3.05, 3.63) is 28.2 Å². The van der Waals surface area contributed by atoms with Crippen molar-refractivity contribution >= 4 is 39.2 Å². The highest BCUT2D eigenvalue weighted by Gasteiger charge is 2.38. The molecule has 2 amide bonds. The van der Waals surface area contributed by atoms with Crippen LogP contribution in [0.3, 0.4) is 0 Å². The van der Waals surface area contributed by atoms with E-state index in [2.05, 4.69) is 15.9 Å². The molecule has 6 heteroatoms. The first-order valence-corrected chi connectivity index (χ1v) is 7.19. The smallest absolute Gasteiger partial charge is 0.299 e. The lowest BCUT2D eigenvalue weighted by Crippen LogP contribution is -2.41. The molecule has 1 aromatic rings. The number of carbonyl (C=O) groups is 3. The summed E-state index contributed by atoms with van der Waals surface area (Å²) in [6, 6.07) is 5.35. The third-order valence-electron chi connectivity index (χ3n) is 3.71. The van der Waals surface area contributed by atoms with Crippen LogP contribution in [0.2, 0.25) is 0 Å². The summed E-state index contributed by atoms with van der Waals surface area (Å²) in [6.45, 7) is -0.0772. The van der Waals surface area contributed by atoms with Crippen molar-refractivity contribution in [2.75, 3.05) is 18.5 Å². The summed E-state index contributed by atoms with van der Waals surface area (Å²) in [7, 11) is 1.74. The zero-order valence-corrected chi connectivity index (χ0v) is 12.5. The average molecular weight is 337 g/mol. The molecule has 1 saturated carbocycles. The SMILES string of the molecule is CN(C(=O)CN1C(=O)C(=O)c2cc(Br)ccc21)C1CC1. The molecule has 0 aromatic heterocycles. The van der Waals surface area contributed by atoms with Gasteiger partial charge >= 0.3 is 0 Å². The number of hydrogen-bond donors (Lipinski definition) is 0. The molecule has 0 atom stereocenters. The summed E-state index contributed by atoms with van der Waals surface area (Å²) < 4.78 is 0.737. The van der Waals surface area contributed by atoms with Crippen molar-refractivity contribution in [1.82, 2.24) is 4.90 Å². The summed E-state index contributed by atoms with van der Waals surface area (Å²) >= 11 is 3.28. The summed E-state index contributed by atoms with van der Waals surface area (Å²) in [6.07, 6.45) is 2.03. The van der Waals surface area contributed by atoms with Crippen molar-refractivity contribution in [2.45, 2.75) is 18.9 Å². The van der Waals surface area contributed by atoms with E-state index in [9.17, 15) is 14.4 Å². The fourth-order valence-corrected chi connectivity index (χ4v) is 2.70. The predicted molar refractivity (Wildman–Crippen MR) is 76.6 cm³/mol. The molecule has 3 rings (SSSR count). The summed E-state index contributed by atoms with van der Waals surface area (Å²) in [5.74, 6) is -1.32. The number of fused-ring (bicyclic) bond motifs is 1. The number of halogens is 1. The maximum absolute atomic E-state index is 12.1. The fraction of sp³-hybridized carbons (Fsp3) is 0.357. The van der Waals surface area contributed by atoms with Crippen molar-refractivity contribution in [3.63, 3.8) is 0 Å². The largest absolute Gasteiger partial charge is 0.341 e. The Kier molecular flexibility index (Phi) is 3.12. The minimum absolute atomic E-state index is 0.0772. The van der Waals surface area contributed by atoms with Crippen molar-refractivity contribution in [2.24, 2.45) is 0 Å². The van der Waals surface area contributed by atoms with Crippen molar-refractivity contribution < 1.29 is 14.4 Å². The molecule has 1 fully saturated rings. The molecule has 1 aliphatic carbocycles. The Morgan fingerprint density at radius 1 is 1.40 bits per heavy atom. The highest BCUT2D eigenvalue weighted by molar-refractivity contribution is 9.10. The Bertz CT molecular complexity index is 625. The number of amides is 2. The first kappa shape index (κ1) is 13.3. The Morgan fingerprint density at radius 3 is 2.75 bits per heavy atom. The van der Waals surface area contributed by atoms with Crippen LogP contribution in [0.5, 0.6) is 0 Å². The van der Waals surface area contributed by atoms with Gasteiger partial charge in [-0.05, 0) is 31.0 Å². The van der Waals surface area contributed by atoms with Crippen LogP contribution in [0.15, 0.2) is 22.7 Å². The highest BCUT2D eigenvalue weighted by Crippen LogP contribution is 2.32. The zero-order valence-electron chi connectivity index (χ0n) is 10.9. The van der Waals surface area contributed by atoms with Gasteiger partial charge in [0, 0.05) is 17.6 Å². The zero-order chi connectivity index (χ0) is 14.4. The molecule has 0 spiro atoms. The molecule has 0 unspecified atom stereocenters. The Labute approximate surface area is 124 Å². The van der Waals surface area contributed by atoms with Gasteiger partial charge in [0.1, 0.15) is 6.54 Å². The molecular weight excluding hydrogens is 324 g/mol. The lowest BCUT2D eigenvalue weighted by atomic mass is 10.1. The lowest BCUT2D eigenvalue weighted by molar-refractivity contribution is -0.130.